The third-order valence-electron chi connectivity index (χ3n) is 5.07. The van der Waals surface area contributed by atoms with Crippen molar-refractivity contribution in [3.63, 3.8) is 0 Å². The second kappa shape index (κ2) is 9.54. The first-order valence-corrected chi connectivity index (χ1v) is 9.07. The van der Waals surface area contributed by atoms with Gasteiger partial charge in [-0.1, -0.05) is 0 Å². The van der Waals surface area contributed by atoms with Gasteiger partial charge in [0.25, 0.3) is 0 Å². The molecule has 0 aromatic carbocycles. The molecule has 140 valence electrons. The smallest absolute Gasteiger partial charge is 0.194 e. The highest BCUT2D eigenvalue weighted by atomic mass is 127. The number of guanidine groups is 1. The van der Waals surface area contributed by atoms with Crippen LogP contribution in [0.2, 0.25) is 0 Å². The van der Waals surface area contributed by atoms with E-state index < -0.39 is 6.10 Å². The van der Waals surface area contributed by atoms with Gasteiger partial charge in [-0.3, -0.25) is 4.99 Å². The molecule has 0 aromatic rings. The summed E-state index contributed by atoms with van der Waals surface area (Å²) in [5.41, 5.74) is 0.322. The van der Waals surface area contributed by atoms with Gasteiger partial charge in [0.15, 0.2) is 5.96 Å². The molecule has 0 aromatic heterocycles. The number of hydrogen-bond acceptors (Lipinski definition) is 4. The summed E-state index contributed by atoms with van der Waals surface area (Å²) in [7, 11) is 0. The predicted octanol–water partition coefficient (Wildman–Crippen LogP) is 1.47. The van der Waals surface area contributed by atoms with Crippen molar-refractivity contribution in [3.05, 3.63) is 0 Å². The molecule has 2 unspecified atom stereocenters. The number of ether oxygens (including phenoxy) is 2. The number of aliphatic imine (C=N–C) groups is 1. The number of aliphatic hydroxyl groups excluding tert-OH is 1. The van der Waals surface area contributed by atoms with Crippen molar-refractivity contribution in [2.24, 2.45) is 16.3 Å². The van der Waals surface area contributed by atoms with Crippen LogP contribution in [0.25, 0.3) is 0 Å². The van der Waals surface area contributed by atoms with E-state index >= 15 is 0 Å². The van der Waals surface area contributed by atoms with E-state index in [-0.39, 0.29) is 24.0 Å². The fourth-order valence-electron chi connectivity index (χ4n) is 3.41. The molecule has 24 heavy (non-hydrogen) atoms. The van der Waals surface area contributed by atoms with Crippen molar-refractivity contribution in [1.29, 1.82) is 0 Å². The highest BCUT2D eigenvalue weighted by Crippen LogP contribution is 2.38. The molecular weight excluding hydrogens is 421 g/mol. The van der Waals surface area contributed by atoms with Crippen LogP contribution >= 0.6 is 24.0 Å². The Balaban J connectivity index is 0.00000208. The maximum Gasteiger partial charge on any atom is 0.194 e. The predicted molar refractivity (Wildman–Crippen MR) is 105 cm³/mol. The molecule has 0 amide bonds. The van der Waals surface area contributed by atoms with Crippen molar-refractivity contribution >= 4 is 29.9 Å². The Morgan fingerprint density at radius 2 is 2.29 bits per heavy atom. The van der Waals surface area contributed by atoms with Crippen molar-refractivity contribution in [2.45, 2.75) is 38.7 Å². The van der Waals surface area contributed by atoms with E-state index in [9.17, 15) is 5.11 Å². The van der Waals surface area contributed by atoms with Gasteiger partial charge in [-0.2, -0.15) is 0 Å². The molecular formula is C17H32IN3O3. The van der Waals surface area contributed by atoms with Gasteiger partial charge in [-0.05, 0) is 38.5 Å². The fourth-order valence-corrected chi connectivity index (χ4v) is 3.41. The van der Waals surface area contributed by atoms with E-state index in [4.69, 9.17) is 9.47 Å². The molecule has 3 rings (SSSR count). The summed E-state index contributed by atoms with van der Waals surface area (Å²) in [6, 6.07) is 0. The van der Waals surface area contributed by atoms with Crippen LogP contribution in [0.15, 0.2) is 4.99 Å². The quantitative estimate of drug-likeness (QED) is 0.347. The molecule has 2 N–H and O–H groups in total. The van der Waals surface area contributed by atoms with Gasteiger partial charge < -0.3 is 24.8 Å². The van der Waals surface area contributed by atoms with E-state index in [1.165, 1.54) is 19.3 Å². The molecule has 2 atom stereocenters. The summed E-state index contributed by atoms with van der Waals surface area (Å²) in [6.45, 7) is 8.28. The minimum atomic E-state index is -0.520. The van der Waals surface area contributed by atoms with Crippen LogP contribution in [0.5, 0.6) is 0 Å². The highest BCUT2D eigenvalue weighted by Gasteiger charge is 2.42. The Bertz CT molecular complexity index is 412. The van der Waals surface area contributed by atoms with Crippen LogP contribution in [-0.4, -0.2) is 74.7 Å². The molecule has 2 saturated heterocycles. The first kappa shape index (κ1) is 20.2. The standard InChI is InChI=1S/C17H31N3O3.HI/c1-2-18-16(19-9-15(21)11-23-10-14-3-4-14)20-7-5-17(12-20)6-8-22-13-17;/h14-15,21H,2-13H2,1H3,(H,18,19);1H. The van der Waals surface area contributed by atoms with Gasteiger partial charge in [-0.15, -0.1) is 24.0 Å². The van der Waals surface area contributed by atoms with Gasteiger partial charge in [0.2, 0.25) is 0 Å². The molecule has 1 saturated carbocycles. The fraction of sp³-hybridized carbons (Fsp3) is 0.941. The number of halogens is 1. The van der Waals surface area contributed by atoms with E-state index in [1.807, 2.05) is 0 Å². The highest BCUT2D eigenvalue weighted by molar-refractivity contribution is 14.0. The van der Waals surface area contributed by atoms with Crippen LogP contribution < -0.4 is 5.32 Å². The lowest BCUT2D eigenvalue weighted by Gasteiger charge is -2.25. The maximum absolute atomic E-state index is 10.0. The maximum atomic E-state index is 10.0. The van der Waals surface area contributed by atoms with Crippen molar-refractivity contribution in [2.75, 3.05) is 52.6 Å². The first-order chi connectivity index (χ1) is 11.2. The topological polar surface area (TPSA) is 66.3 Å². The Labute approximate surface area is 162 Å². The number of nitrogens with zero attached hydrogens (tertiary/aromatic N) is 2. The normalized spacial score (nSPS) is 28.2. The van der Waals surface area contributed by atoms with Crippen LogP contribution in [-0.2, 0) is 9.47 Å². The lowest BCUT2D eigenvalue weighted by Crippen LogP contribution is -2.42. The van der Waals surface area contributed by atoms with Gasteiger partial charge in [0, 0.05) is 38.3 Å². The molecule has 3 fully saturated rings. The Hall–Kier alpha value is -0.120. The van der Waals surface area contributed by atoms with E-state index in [0.29, 0.717) is 18.6 Å². The van der Waals surface area contributed by atoms with Crippen molar-refractivity contribution in [3.8, 4) is 0 Å². The summed E-state index contributed by atoms with van der Waals surface area (Å²) < 4.78 is 11.1. The second-order valence-corrected chi connectivity index (χ2v) is 7.30. The second-order valence-electron chi connectivity index (χ2n) is 7.30. The van der Waals surface area contributed by atoms with E-state index in [0.717, 1.165) is 57.8 Å². The zero-order chi connectivity index (χ0) is 16.1. The van der Waals surface area contributed by atoms with Crippen LogP contribution in [0, 0.1) is 11.3 Å². The summed E-state index contributed by atoms with van der Waals surface area (Å²) in [6.07, 6.45) is 4.36. The van der Waals surface area contributed by atoms with Crippen molar-refractivity contribution in [1.82, 2.24) is 10.2 Å². The summed E-state index contributed by atoms with van der Waals surface area (Å²) in [4.78, 5) is 6.94. The van der Waals surface area contributed by atoms with Gasteiger partial charge in [0.1, 0.15) is 0 Å². The zero-order valence-corrected chi connectivity index (χ0v) is 17.0. The molecule has 3 aliphatic rings. The Morgan fingerprint density at radius 1 is 1.46 bits per heavy atom. The summed E-state index contributed by atoms with van der Waals surface area (Å²) in [5, 5.41) is 13.4. The molecule has 0 radical (unpaired) electrons. The molecule has 2 heterocycles. The first-order valence-electron chi connectivity index (χ1n) is 9.07. The Morgan fingerprint density at radius 3 is 2.96 bits per heavy atom. The lowest BCUT2D eigenvalue weighted by atomic mass is 9.87. The zero-order valence-electron chi connectivity index (χ0n) is 14.7. The van der Waals surface area contributed by atoms with Crippen LogP contribution in [0.1, 0.15) is 32.6 Å². The monoisotopic (exact) mass is 453 g/mol. The largest absolute Gasteiger partial charge is 0.389 e. The third kappa shape index (κ3) is 5.71. The van der Waals surface area contributed by atoms with Crippen LogP contribution in [0.4, 0.5) is 0 Å². The van der Waals surface area contributed by atoms with Crippen molar-refractivity contribution < 1.29 is 14.6 Å². The van der Waals surface area contributed by atoms with E-state index in [2.05, 4.69) is 22.1 Å². The SMILES string of the molecule is CCNC(=NCC(O)COCC1CC1)N1CCC2(CCOC2)C1.I. The molecule has 1 aliphatic carbocycles. The molecule has 6 nitrogen and oxygen atoms in total. The number of aliphatic hydroxyl groups is 1. The van der Waals surface area contributed by atoms with Gasteiger partial charge in [0.05, 0.1) is 25.9 Å². The number of rotatable bonds is 7. The van der Waals surface area contributed by atoms with E-state index in [1.54, 1.807) is 0 Å². The molecule has 1 spiro atoms. The minimum absolute atomic E-state index is 0. The van der Waals surface area contributed by atoms with Gasteiger partial charge in [-0.25, -0.2) is 0 Å². The third-order valence-corrected chi connectivity index (χ3v) is 5.07. The van der Waals surface area contributed by atoms with Crippen LogP contribution in [0.3, 0.4) is 0 Å². The number of likely N-dealkylation sites (tertiary alicyclic amines) is 1. The lowest BCUT2D eigenvalue weighted by molar-refractivity contribution is 0.0367. The number of nitrogens with one attached hydrogen (secondary N) is 1. The number of hydrogen-bond donors (Lipinski definition) is 2. The average Bonchev–Trinajstić information content (AvgIpc) is 3.10. The Kier molecular flexibility index (Phi) is 8.03. The molecule has 7 heteroatoms. The summed E-state index contributed by atoms with van der Waals surface area (Å²) >= 11 is 0. The molecule has 2 aliphatic heterocycles. The van der Waals surface area contributed by atoms with Gasteiger partial charge >= 0.3 is 0 Å². The minimum Gasteiger partial charge on any atom is -0.389 e. The summed E-state index contributed by atoms with van der Waals surface area (Å²) in [5.74, 6) is 1.65. The molecule has 0 bridgehead atoms. The average molecular weight is 453 g/mol.